The van der Waals surface area contributed by atoms with E-state index < -0.39 is 0 Å². The van der Waals surface area contributed by atoms with E-state index in [1.807, 2.05) is 17.0 Å². The summed E-state index contributed by atoms with van der Waals surface area (Å²) in [6.07, 6.45) is 4.73. The Labute approximate surface area is 167 Å². The Kier molecular flexibility index (Phi) is 5.62. The average molecular weight is 369 g/mol. The lowest BCUT2D eigenvalue weighted by molar-refractivity contribution is -0.401. The summed E-state index contributed by atoms with van der Waals surface area (Å²) in [7, 11) is 2.12. The Balaban J connectivity index is 1.81. The minimum atomic E-state index is -0.0390. The van der Waals surface area contributed by atoms with Gasteiger partial charge < -0.3 is 4.90 Å². The van der Waals surface area contributed by atoms with Gasteiger partial charge in [-0.25, -0.2) is 0 Å². The first-order valence-corrected chi connectivity index (χ1v) is 9.46. The molecule has 0 atom stereocenters. The van der Waals surface area contributed by atoms with Gasteiger partial charge in [-0.2, -0.15) is 15.1 Å². The van der Waals surface area contributed by atoms with Crippen molar-refractivity contribution in [3.05, 3.63) is 65.7 Å². The van der Waals surface area contributed by atoms with Gasteiger partial charge in [-0.05, 0) is 37.6 Å². The number of anilines is 1. The molecule has 2 aromatic rings. The summed E-state index contributed by atoms with van der Waals surface area (Å²) in [5, 5.41) is 17.8. The first kappa shape index (κ1) is 19.4. The van der Waals surface area contributed by atoms with Crippen LogP contribution in [0.2, 0.25) is 0 Å². The highest BCUT2D eigenvalue weighted by molar-refractivity contribution is 6.05. The third-order valence-corrected chi connectivity index (χ3v) is 5.39. The van der Waals surface area contributed by atoms with Crippen LogP contribution in [-0.2, 0) is 5.41 Å². The second-order valence-electron chi connectivity index (χ2n) is 7.50. The quantitative estimate of drug-likeness (QED) is 0.550. The van der Waals surface area contributed by atoms with E-state index in [2.05, 4.69) is 86.2 Å². The second-order valence-corrected chi connectivity index (χ2v) is 7.50. The molecule has 1 heterocycles. The number of benzene rings is 2. The van der Waals surface area contributed by atoms with E-state index in [4.69, 9.17) is 10.5 Å². The monoisotopic (exact) mass is 369 g/mol. The molecule has 0 unspecified atom stereocenters. The van der Waals surface area contributed by atoms with Crippen molar-refractivity contribution < 1.29 is 4.58 Å². The van der Waals surface area contributed by atoms with Crippen molar-refractivity contribution in [2.75, 3.05) is 25.0 Å². The van der Waals surface area contributed by atoms with E-state index in [1.54, 1.807) is 0 Å². The number of hydrogen-bond donors (Lipinski definition) is 0. The average Bonchev–Trinajstić information content (AvgIpc) is 2.90. The van der Waals surface area contributed by atoms with Crippen LogP contribution in [0.15, 0.2) is 54.6 Å². The fourth-order valence-electron chi connectivity index (χ4n) is 3.84. The van der Waals surface area contributed by atoms with E-state index in [1.165, 1.54) is 17.0 Å². The zero-order valence-electron chi connectivity index (χ0n) is 16.7. The number of fused-ring (bicyclic) bond motifs is 1. The van der Waals surface area contributed by atoms with Crippen LogP contribution in [0.3, 0.4) is 0 Å². The molecule has 4 nitrogen and oxygen atoms in total. The highest BCUT2D eigenvalue weighted by Crippen LogP contribution is 2.39. The maximum atomic E-state index is 9.01. The first-order valence-electron chi connectivity index (χ1n) is 9.46. The predicted octanol–water partition coefficient (Wildman–Crippen LogP) is 4.65. The van der Waals surface area contributed by atoms with Crippen LogP contribution < -0.4 is 4.90 Å². The summed E-state index contributed by atoms with van der Waals surface area (Å²) in [5.74, 6) is 0. The van der Waals surface area contributed by atoms with Gasteiger partial charge in [-0.15, -0.1) is 0 Å². The Hall–Kier alpha value is -3.37. The van der Waals surface area contributed by atoms with E-state index >= 15 is 0 Å². The summed E-state index contributed by atoms with van der Waals surface area (Å²) < 4.78 is 2.26. The maximum Gasteiger partial charge on any atom is 0.209 e. The lowest BCUT2D eigenvalue weighted by Gasteiger charge is -2.20. The summed E-state index contributed by atoms with van der Waals surface area (Å²) in [6, 6.07) is 21.0. The Morgan fingerprint density at radius 3 is 2.36 bits per heavy atom. The molecule has 0 spiro atoms. The number of para-hydroxylation sites is 1. The van der Waals surface area contributed by atoms with Crippen molar-refractivity contribution in [1.82, 2.24) is 0 Å². The van der Waals surface area contributed by atoms with Crippen molar-refractivity contribution in [3.8, 4) is 12.1 Å². The molecular weight excluding hydrogens is 344 g/mol. The van der Waals surface area contributed by atoms with Crippen LogP contribution in [0.25, 0.3) is 6.08 Å². The third-order valence-electron chi connectivity index (χ3n) is 5.39. The Morgan fingerprint density at radius 2 is 1.71 bits per heavy atom. The van der Waals surface area contributed by atoms with Crippen LogP contribution in [-0.4, -0.2) is 30.4 Å². The topological polar surface area (TPSA) is 53.8 Å². The van der Waals surface area contributed by atoms with Gasteiger partial charge in [0.05, 0.1) is 24.0 Å². The van der Waals surface area contributed by atoms with E-state index in [0.29, 0.717) is 13.0 Å². The van der Waals surface area contributed by atoms with Crippen LogP contribution in [0.5, 0.6) is 0 Å². The number of nitriles is 2. The summed E-state index contributed by atoms with van der Waals surface area (Å²) in [4.78, 5) is 1.93. The highest BCUT2D eigenvalue weighted by atomic mass is 15.1. The van der Waals surface area contributed by atoms with E-state index in [-0.39, 0.29) is 12.0 Å². The SMILES string of the molecule is C[N+]1=C(/C=C/c2ccc(N(CC#N)CCC#N)cc2)C(C)(C)c2ccccc21. The smallest absolute Gasteiger partial charge is 0.209 e. The predicted molar refractivity (Wildman–Crippen MR) is 114 cm³/mol. The molecule has 0 saturated heterocycles. The van der Waals surface area contributed by atoms with Crippen LogP contribution >= 0.6 is 0 Å². The van der Waals surface area contributed by atoms with Crippen LogP contribution in [0.4, 0.5) is 11.4 Å². The van der Waals surface area contributed by atoms with Gasteiger partial charge >= 0.3 is 0 Å². The molecule has 0 bridgehead atoms. The summed E-state index contributed by atoms with van der Waals surface area (Å²) >= 11 is 0. The van der Waals surface area contributed by atoms with Crippen molar-refractivity contribution in [2.24, 2.45) is 0 Å². The molecule has 0 aromatic heterocycles. The molecule has 1 aliphatic heterocycles. The fraction of sp³-hybridized carbons (Fsp3) is 0.292. The lowest BCUT2D eigenvalue weighted by Crippen LogP contribution is -2.26. The molecule has 4 heteroatoms. The van der Waals surface area contributed by atoms with Gasteiger partial charge in [0.2, 0.25) is 5.69 Å². The number of rotatable bonds is 6. The second kappa shape index (κ2) is 8.11. The van der Waals surface area contributed by atoms with Crippen molar-refractivity contribution in [2.45, 2.75) is 25.7 Å². The van der Waals surface area contributed by atoms with Gasteiger partial charge in [0.1, 0.15) is 13.6 Å². The van der Waals surface area contributed by atoms with Gasteiger partial charge in [-0.3, -0.25) is 0 Å². The zero-order valence-corrected chi connectivity index (χ0v) is 16.7. The van der Waals surface area contributed by atoms with Gasteiger partial charge in [-0.1, -0.05) is 30.3 Å². The van der Waals surface area contributed by atoms with Gasteiger partial charge in [0.15, 0.2) is 5.71 Å². The van der Waals surface area contributed by atoms with Gasteiger partial charge in [0, 0.05) is 29.9 Å². The molecule has 2 aromatic carbocycles. The molecule has 140 valence electrons. The molecular formula is C24H25N4+. The number of allylic oxidation sites excluding steroid dienone is 1. The molecule has 0 N–H and O–H groups in total. The molecule has 0 radical (unpaired) electrons. The minimum absolute atomic E-state index is 0.0390. The normalized spacial score (nSPS) is 14.6. The lowest BCUT2D eigenvalue weighted by atomic mass is 9.81. The Bertz CT molecular complexity index is 998. The van der Waals surface area contributed by atoms with E-state index in [9.17, 15) is 0 Å². The largest absolute Gasteiger partial charge is 0.357 e. The zero-order chi connectivity index (χ0) is 20.1. The number of nitrogens with zero attached hydrogens (tertiary/aromatic N) is 4. The van der Waals surface area contributed by atoms with Crippen molar-refractivity contribution in [1.29, 1.82) is 10.5 Å². The van der Waals surface area contributed by atoms with Crippen LogP contribution in [0.1, 0.15) is 31.4 Å². The minimum Gasteiger partial charge on any atom is -0.357 e. The number of hydrogen-bond acceptors (Lipinski definition) is 3. The van der Waals surface area contributed by atoms with Crippen LogP contribution in [0, 0.1) is 22.7 Å². The summed E-state index contributed by atoms with van der Waals surface area (Å²) in [5.41, 5.74) is 5.89. The standard InChI is InChI=1S/C24H25N4/c1-24(2)21-7-4-5-8-22(21)27(3)23(24)14-11-19-9-12-20(13-10-19)28(18-16-26)17-6-15-25/h4-5,7-14H,6,17-18H2,1-3H3/q+1. The fourth-order valence-corrected chi connectivity index (χ4v) is 3.84. The third kappa shape index (κ3) is 3.68. The molecule has 0 aliphatic carbocycles. The van der Waals surface area contributed by atoms with Gasteiger partial charge in [0.25, 0.3) is 0 Å². The molecule has 28 heavy (non-hydrogen) atoms. The first-order chi connectivity index (χ1) is 13.5. The molecule has 0 amide bonds. The van der Waals surface area contributed by atoms with Crippen molar-refractivity contribution in [3.63, 3.8) is 0 Å². The molecule has 0 fully saturated rings. The van der Waals surface area contributed by atoms with E-state index in [0.717, 1.165) is 11.3 Å². The summed E-state index contributed by atoms with van der Waals surface area (Å²) in [6.45, 7) is 5.36. The molecule has 3 rings (SSSR count). The molecule has 1 aliphatic rings. The molecule has 0 saturated carbocycles. The maximum absolute atomic E-state index is 9.01. The highest BCUT2D eigenvalue weighted by Gasteiger charge is 2.42. The Morgan fingerprint density at radius 1 is 1.00 bits per heavy atom. The van der Waals surface area contributed by atoms with Crippen molar-refractivity contribution >= 4 is 23.2 Å².